The van der Waals surface area contributed by atoms with E-state index in [-0.39, 0.29) is 23.8 Å². The topological polar surface area (TPSA) is 49.4 Å². The smallest absolute Gasteiger partial charge is 0.251 e. The van der Waals surface area contributed by atoms with E-state index in [0.717, 1.165) is 17.8 Å². The van der Waals surface area contributed by atoms with Crippen LogP contribution in [0.15, 0.2) is 24.3 Å². The minimum absolute atomic E-state index is 0.0752. The number of hydrogen-bond acceptors (Lipinski definition) is 3. The molecule has 4 bridgehead atoms. The zero-order chi connectivity index (χ0) is 17.2. The molecule has 1 aromatic rings. The first kappa shape index (κ1) is 15.8. The van der Waals surface area contributed by atoms with Gasteiger partial charge in [0.1, 0.15) is 0 Å². The summed E-state index contributed by atoms with van der Waals surface area (Å²) < 4.78 is 0. The maximum Gasteiger partial charge on any atom is 0.251 e. The second-order valence-electron chi connectivity index (χ2n) is 8.62. The molecule has 1 heterocycles. The molecule has 1 atom stereocenters. The van der Waals surface area contributed by atoms with Crippen molar-refractivity contribution < 1.29 is 9.59 Å². The monoisotopic (exact) mass is 358 g/mol. The predicted octanol–water partition coefficient (Wildman–Crippen LogP) is 3.53. The van der Waals surface area contributed by atoms with Gasteiger partial charge in [0.2, 0.25) is 5.91 Å². The van der Waals surface area contributed by atoms with Gasteiger partial charge in [0.25, 0.3) is 5.91 Å². The molecule has 0 unspecified atom stereocenters. The van der Waals surface area contributed by atoms with Crippen LogP contribution in [0.4, 0.5) is 5.69 Å². The van der Waals surface area contributed by atoms with E-state index in [1.807, 2.05) is 12.1 Å². The number of carbonyl (C=O) groups is 2. The SMILES string of the molecule is O=C1C[C@@H](NC23CC4CC(CC(C4)C2)C3)C(=O)N1c1ccccc1Cl. The Morgan fingerprint density at radius 1 is 1.00 bits per heavy atom. The largest absolute Gasteiger partial charge is 0.300 e. The van der Waals surface area contributed by atoms with Crippen molar-refractivity contribution in [3.8, 4) is 0 Å². The van der Waals surface area contributed by atoms with Gasteiger partial charge >= 0.3 is 0 Å². The summed E-state index contributed by atoms with van der Waals surface area (Å²) in [5.74, 6) is 2.14. The fraction of sp³-hybridized carbons (Fsp3) is 0.600. The first-order chi connectivity index (χ1) is 12.0. The molecule has 5 heteroatoms. The summed E-state index contributed by atoms with van der Waals surface area (Å²) in [4.78, 5) is 26.8. The van der Waals surface area contributed by atoms with Crippen LogP contribution in [0.25, 0.3) is 0 Å². The lowest BCUT2D eigenvalue weighted by atomic mass is 9.53. The number of carbonyl (C=O) groups excluding carboxylic acids is 2. The van der Waals surface area contributed by atoms with Crippen LogP contribution in [0, 0.1) is 17.8 Å². The lowest BCUT2D eigenvalue weighted by molar-refractivity contribution is -0.122. The van der Waals surface area contributed by atoms with Crippen LogP contribution >= 0.6 is 11.6 Å². The maximum atomic E-state index is 13.0. The zero-order valence-electron chi connectivity index (χ0n) is 14.2. The number of rotatable bonds is 3. The van der Waals surface area contributed by atoms with Crippen molar-refractivity contribution >= 4 is 29.1 Å². The number of benzene rings is 1. The Bertz CT molecular complexity index is 712. The molecular formula is C20H23ClN2O2. The van der Waals surface area contributed by atoms with Crippen molar-refractivity contribution in [3.63, 3.8) is 0 Å². The van der Waals surface area contributed by atoms with E-state index in [4.69, 9.17) is 11.6 Å². The molecule has 0 spiro atoms. The second kappa shape index (κ2) is 5.55. The number of anilines is 1. The first-order valence-corrected chi connectivity index (χ1v) is 9.80. The Kier molecular flexibility index (Phi) is 3.52. The molecule has 4 aliphatic carbocycles. The van der Waals surface area contributed by atoms with Gasteiger partial charge in [0, 0.05) is 5.54 Å². The quantitative estimate of drug-likeness (QED) is 0.841. The Morgan fingerprint density at radius 2 is 1.60 bits per heavy atom. The van der Waals surface area contributed by atoms with Gasteiger partial charge in [-0.15, -0.1) is 0 Å². The molecule has 5 aliphatic rings. The molecule has 0 aromatic heterocycles. The number of amides is 2. The highest BCUT2D eigenvalue weighted by molar-refractivity contribution is 6.36. The standard InChI is InChI=1S/C20H23ClN2O2/c21-15-3-1-2-4-17(15)23-18(24)8-16(19(23)25)22-20-9-12-5-13(10-20)7-14(6-12)11-20/h1-4,12-14,16,22H,5-11H2/t12?,13?,14?,16-,20?/m1/s1. The van der Waals surface area contributed by atoms with E-state index in [1.165, 1.54) is 43.4 Å². The highest BCUT2D eigenvalue weighted by atomic mass is 35.5. The summed E-state index contributed by atoms with van der Waals surface area (Å²) >= 11 is 6.22. The summed E-state index contributed by atoms with van der Waals surface area (Å²) in [7, 11) is 0. The molecule has 2 amide bonds. The average molecular weight is 359 g/mol. The van der Waals surface area contributed by atoms with Gasteiger partial charge in [0.05, 0.1) is 23.2 Å². The van der Waals surface area contributed by atoms with E-state index >= 15 is 0 Å². The van der Waals surface area contributed by atoms with Crippen molar-refractivity contribution in [2.24, 2.45) is 17.8 Å². The Balaban J connectivity index is 1.38. The molecule has 1 aliphatic heterocycles. The third-order valence-electron chi connectivity index (χ3n) is 6.76. The molecular weight excluding hydrogens is 336 g/mol. The Labute approximate surface area is 152 Å². The van der Waals surface area contributed by atoms with Crippen LogP contribution in [-0.4, -0.2) is 23.4 Å². The van der Waals surface area contributed by atoms with E-state index in [1.54, 1.807) is 12.1 Å². The lowest BCUT2D eigenvalue weighted by Gasteiger charge is -2.57. The summed E-state index contributed by atoms with van der Waals surface area (Å²) in [5, 5.41) is 4.11. The molecule has 0 radical (unpaired) electrons. The van der Waals surface area contributed by atoms with E-state index in [9.17, 15) is 9.59 Å². The number of nitrogens with one attached hydrogen (secondary N) is 1. The second-order valence-corrected chi connectivity index (χ2v) is 9.02. The van der Waals surface area contributed by atoms with Crippen molar-refractivity contribution in [1.82, 2.24) is 5.32 Å². The summed E-state index contributed by atoms with van der Waals surface area (Å²) in [6, 6.07) is 6.67. The fourth-order valence-electron chi connectivity index (χ4n) is 6.29. The average Bonchev–Trinajstić information content (AvgIpc) is 2.80. The molecule has 1 aromatic carbocycles. The van der Waals surface area contributed by atoms with Crippen LogP contribution in [0.5, 0.6) is 0 Å². The Hall–Kier alpha value is -1.39. The normalized spacial score (nSPS) is 39.5. The van der Waals surface area contributed by atoms with Gasteiger partial charge in [-0.3, -0.25) is 14.9 Å². The third-order valence-corrected chi connectivity index (χ3v) is 7.08. The highest BCUT2D eigenvalue weighted by Gasteiger charge is 2.53. The van der Waals surface area contributed by atoms with Crippen LogP contribution in [0.3, 0.4) is 0 Å². The zero-order valence-corrected chi connectivity index (χ0v) is 15.0. The molecule has 5 fully saturated rings. The van der Waals surface area contributed by atoms with Crippen molar-refractivity contribution in [2.45, 2.75) is 56.5 Å². The lowest BCUT2D eigenvalue weighted by Crippen LogP contribution is -2.61. The van der Waals surface area contributed by atoms with Gasteiger partial charge in [-0.1, -0.05) is 23.7 Å². The molecule has 4 saturated carbocycles. The maximum absolute atomic E-state index is 13.0. The number of halogens is 1. The summed E-state index contributed by atoms with van der Waals surface area (Å²) in [6.07, 6.45) is 7.85. The molecule has 6 rings (SSSR count). The van der Waals surface area contributed by atoms with E-state index < -0.39 is 6.04 Å². The van der Waals surface area contributed by atoms with Crippen molar-refractivity contribution in [1.29, 1.82) is 0 Å². The number of nitrogens with zero attached hydrogens (tertiary/aromatic N) is 1. The van der Waals surface area contributed by atoms with Crippen LogP contribution in [0.2, 0.25) is 5.02 Å². The highest BCUT2D eigenvalue weighted by Crippen LogP contribution is 2.56. The molecule has 25 heavy (non-hydrogen) atoms. The Morgan fingerprint density at radius 3 is 2.20 bits per heavy atom. The molecule has 132 valence electrons. The van der Waals surface area contributed by atoms with Crippen LogP contribution < -0.4 is 10.2 Å². The molecule has 1 saturated heterocycles. The summed E-state index contributed by atoms with van der Waals surface area (Å²) in [6.45, 7) is 0. The predicted molar refractivity (Wildman–Crippen MR) is 96.4 cm³/mol. The number of imide groups is 1. The van der Waals surface area contributed by atoms with Gasteiger partial charge in [-0.05, 0) is 68.4 Å². The van der Waals surface area contributed by atoms with Gasteiger partial charge < -0.3 is 0 Å². The van der Waals surface area contributed by atoms with Gasteiger partial charge in [-0.25, -0.2) is 4.90 Å². The molecule has 4 nitrogen and oxygen atoms in total. The van der Waals surface area contributed by atoms with Crippen molar-refractivity contribution in [3.05, 3.63) is 29.3 Å². The molecule has 1 N–H and O–H groups in total. The fourth-order valence-corrected chi connectivity index (χ4v) is 6.51. The van der Waals surface area contributed by atoms with Crippen molar-refractivity contribution in [2.75, 3.05) is 4.90 Å². The minimum atomic E-state index is -0.403. The van der Waals surface area contributed by atoms with Gasteiger partial charge in [-0.2, -0.15) is 0 Å². The first-order valence-electron chi connectivity index (χ1n) is 9.42. The van der Waals surface area contributed by atoms with Gasteiger partial charge in [0.15, 0.2) is 0 Å². The van der Waals surface area contributed by atoms with E-state index in [0.29, 0.717) is 10.7 Å². The minimum Gasteiger partial charge on any atom is -0.300 e. The van der Waals surface area contributed by atoms with Crippen LogP contribution in [0.1, 0.15) is 44.9 Å². The third kappa shape index (κ3) is 2.53. The summed E-state index contributed by atoms with van der Waals surface area (Å²) in [5.41, 5.74) is 0.584. The van der Waals surface area contributed by atoms with E-state index in [2.05, 4.69) is 5.32 Å². The number of para-hydroxylation sites is 1. The van der Waals surface area contributed by atoms with Crippen LogP contribution in [-0.2, 0) is 9.59 Å². The number of hydrogen-bond donors (Lipinski definition) is 1.